The Morgan fingerprint density at radius 2 is 1.82 bits per heavy atom. The van der Waals surface area contributed by atoms with Crippen LogP contribution in [0.25, 0.3) is 0 Å². The van der Waals surface area contributed by atoms with E-state index >= 15 is 0 Å². The first-order chi connectivity index (χ1) is 10.0. The number of nitrogens with two attached hydrogens (primary N) is 1. The molecule has 2 atom stereocenters. The maximum Gasteiger partial charge on any atom is 0.223 e. The van der Waals surface area contributed by atoms with E-state index in [1.165, 1.54) is 11.1 Å². The maximum atomic E-state index is 12.4. The average Bonchev–Trinajstić information content (AvgIpc) is 2.95. The van der Waals surface area contributed by atoms with Gasteiger partial charge in [-0.3, -0.25) is 4.79 Å². The maximum absolute atomic E-state index is 12.4. The fourth-order valence-corrected chi connectivity index (χ4v) is 3.12. The molecule has 0 saturated carbocycles. The first kappa shape index (κ1) is 19.0. The van der Waals surface area contributed by atoms with Crippen molar-refractivity contribution in [3.8, 4) is 0 Å². The third-order valence-corrected chi connectivity index (χ3v) is 4.62. The highest BCUT2D eigenvalue weighted by molar-refractivity contribution is 5.85. The van der Waals surface area contributed by atoms with Gasteiger partial charge in [0.05, 0.1) is 0 Å². The summed E-state index contributed by atoms with van der Waals surface area (Å²) >= 11 is 0. The average molecular weight is 325 g/mol. The van der Waals surface area contributed by atoms with Gasteiger partial charge in [0.25, 0.3) is 0 Å². The predicted molar refractivity (Wildman–Crippen MR) is 94.6 cm³/mol. The summed E-state index contributed by atoms with van der Waals surface area (Å²) in [6.07, 6.45) is 2.72. The molecule has 0 bridgehead atoms. The highest BCUT2D eigenvalue weighted by Crippen LogP contribution is 2.25. The van der Waals surface area contributed by atoms with Crippen LogP contribution >= 0.6 is 12.4 Å². The van der Waals surface area contributed by atoms with E-state index in [1.54, 1.807) is 0 Å². The molecule has 1 aliphatic heterocycles. The van der Waals surface area contributed by atoms with E-state index < -0.39 is 0 Å². The van der Waals surface area contributed by atoms with Crippen molar-refractivity contribution >= 4 is 18.3 Å². The Balaban J connectivity index is 0.00000242. The number of carbonyl (C=O) groups is 1. The largest absolute Gasteiger partial charge is 0.338 e. The van der Waals surface area contributed by atoms with Crippen LogP contribution in [0.5, 0.6) is 0 Å². The lowest BCUT2D eigenvalue weighted by atomic mass is 9.94. The smallest absolute Gasteiger partial charge is 0.223 e. The minimum atomic E-state index is 0. The number of nitrogens with zero attached hydrogens (tertiary/aromatic N) is 1. The van der Waals surface area contributed by atoms with Crippen LogP contribution in [-0.2, 0) is 4.79 Å². The number of likely N-dealkylation sites (tertiary alicyclic amines) is 1. The van der Waals surface area contributed by atoms with E-state index in [4.69, 9.17) is 5.73 Å². The van der Waals surface area contributed by atoms with Crippen molar-refractivity contribution in [3.05, 3.63) is 35.4 Å². The fourth-order valence-electron chi connectivity index (χ4n) is 3.12. The number of halogens is 1. The molecule has 2 N–H and O–H groups in total. The highest BCUT2D eigenvalue weighted by Gasteiger charge is 2.28. The molecule has 1 fully saturated rings. The van der Waals surface area contributed by atoms with Crippen LogP contribution in [0.3, 0.4) is 0 Å². The Labute approximate surface area is 140 Å². The monoisotopic (exact) mass is 324 g/mol. The molecule has 4 heteroatoms. The van der Waals surface area contributed by atoms with Gasteiger partial charge in [-0.05, 0) is 35.8 Å². The summed E-state index contributed by atoms with van der Waals surface area (Å²) < 4.78 is 0. The van der Waals surface area contributed by atoms with Gasteiger partial charge in [0.15, 0.2) is 0 Å². The number of rotatable bonds is 5. The Kier molecular flexibility index (Phi) is 7.37. The molecule has 2 unspecified atom stereocenters. The summed E-state index contributed by atoms with van der Waals surface area (Å²) in [6, 6.07) is 8.95. The third kappa shape index (κ3) is 4.47. The van der Waals surface area contributed by atoms with Gasteiger partial charge in [-0.15, -0.1) is 12.4 Å². The van der Waals surface area contributed by atoms with Crippen molar-refractivity contribution in [1.82, 2.24) is 4.90 Å². The van der Waals surface area contributed by atoms with E-state index in [9.17, 15) is 4.79 Å². The Bertz CT molecular complexity index is 472. The summed E-state index contributed by atoms with van der Waals surface area (Å²) in [7, 11) is 0. The quantitative estimate of drug-likeness (QED) is 0.898. The van der Waals surface area contributed by atoms with Crippen LogP contribution in [0.15, 0.2) is 24.3 Å². The van der Waals surface area contributed by atoms with Crippen molar-refractivity contribution in [3.63, 3.8) is 0 Å². The van der Waals surface area contributed by atoms with Gasteiger partial charge >= 0.3 is 0 Å². The molecule has 0 spiro atoms. The minimum absolute atomic E-state index is 0. The lowest BCUT2D eigenvalue weighted by Gasteiger charge is -2.25. The summed E-state index contributed by atoms with van der Waals surface area (Å²) in [5, 5.41) is 0. The van der Waals surface area contributed by atoms with Gasteiger partial charge in [0.2, 0.25) is 5.91 Å². The van der Waals surface area contributed by atoms with E-state index in [0.29, 0.717) is 18.9 Å². The molecular formula is C18H29ClN2O. The molecule has 3 nitrogen and oxygen atoms in total. The Morgan fingerprint density at radius 1 is 1.23 bits per heavy atom. The zero-order valence-corrected chi connectivity index (χ0v) is 14.7. The fraction of sp³-hybridized carbons (Fsp3) is 0.611. The number of hydrogen-bond acceptors (Lipinski definition) is 2. The highest BCUT2D eigenvalue weighted by atomic mass is 35.5. The molecule has 1 aromatic rings. The standard InChI is InChI=1S/C18H28N2O.ClH/c1-13(2)15-6-8-16(9-7-15)14(3)11-18(21)20-10-4-5-17(20)12-19;/h6-9,13-14,17H,4-5,10-12,19H2,1-3H3;1H. The SMILES string of the molecule is CC(C)c1ccc(C(C)CC(=O)N2CCCC2CN)cc1.Cl. The van der Waals surface area contributed by atoms with E-state index in [0.717, 1.165) is 19.4 Å². The molecule has 1 aromatic carbocycles. The van der Waals surface area contributed by atoms with Gasteiger partial charge in [0, 0.05) is 25.6 Å². The van der Waals surface area contributed by atoms with Gasteiger partial charge in [-0.1, -0.05) is 45.0 Å². The van der Waals surface area contributed by atoms with Crippen LogP contribution in [0.2, 0.25) is 0 Å². The van der Waals surface area contributed by atoms with Crippen LogP contribution in [-0.4, -0.2) is 29.9 Å². The van der Waals surface area contributed by atoms with Crippen molar-refractivity contribution in [1.29, 1.82) is 0 Å². The number of amides is 1. The zero-order valence-electron chi connectivity index (χ0n) is 13.9. The van der Waals surface area contributed by atoms with E-state index in [-0.39, 0.29) is 30.3 Å². The van der Waals surface area contributed by atoms with Crippen molar-refractivity contribution < 1.29 is 4.79 Å². The summed E-state index contributed by atoms with van der Waals surface area (Å²) in [5.41, 5.74) is 8.35. The second-order valence-corrected chi connectivity index (χ2v) is 6.55. The predicted octanol–water partition coefficient (Wildman–Crippen LogP) is 3.68. The molecule has 0 radical (unpaired) electrons. The van der Waals surface area contributed by atoms with Crippen LogP contribution in [0, 0.1) is 0 Å². The number of carbonyl (C=O) groups excluding carboxylic acids is 1. The topological polar surface area (TPSA) is 46.3 Å². The number of benzene rings is 1. The second kappa shape index (κ2) is 8.54. The molecule has 1 heterocycles. The van der Waals surface area contributed by atoms with Crippen molar-refractivity contribution in [2.75, 3.05) is 13.1 Å². The van der Waals surface area contributed by atoms with Crippen molar-refractivity contribution in [2.45, 2.75) is 57.9 Å². The molecule has 124 valence electrons. The Hall–Kier alpha value is -1.06. The van der Waals surface area contributed by atoms with Gasteiger partial charge < -0.3 is 10.6 Å². The lowest BCUT2D eigenvalue weighted by molar-refractivity contribution is -0.132. The Morgan fingerprint density at radius 3 is 2.36 bits per heavy atom. The minimum Gasteiger partial charge on any atom is -0.338 e. The molecule has 1 saturated heterocycles. The van der Waals surface area contributed by atoms with Gasteiger partial charge in [0.1, 0.15) is 0 Å². The summed E-state index contributed by atoms with van der Waals surface area (Å²) in [5.74, 6) is 1.06. The summed E-state index contributed by atoms with van der Waals surface area (Å²) in [4.78, 5) is 14.4. The van der Waals surface area contributed by atoms with Crippen LogP contribution in [0.4, 0.5) is 0 Å². The molecule has 0 aliphatic carbocycles. The normalized spacial score (nSPS) is 19.1. The van der Waals surface area contributed by atoms with Gasteiger partial charge in [-0.2, -0.15) is 0 Å². The molecule has 1 aliphatic rings. The first-order valence-corrected chi connectivity index (χ1v) is 8.12. The molecule has 1 amide bonds. The molecule has 0 aromatic heterocycles. The molecular weight excluding hydrogens is 296 g/mol. The molecule has 2 rings (SSSR count). The van der Waals surface area contributed by atoms with Crippen LogP contribution < -0.4 is 5.73 Å². The third-order valence-electron chi connectivity index (χ3n) is 4.62. The zero-order chi connectivity index (χ0) is 15.4. The first-order valence-electron chi connectivity index (χ1n) is 8.12. The van der Waals surface area contributed by atoms with Gasteiger partial charge in [-0.25, -0.2) is 0 Å². The molecule has 22 heavy (non-hydrogen) atoms. The summed E-state index contributed by atoms with van der Waals surface area (Å²) in [6.45, 7) is 7.99. The lowest BCUT2D eigenvalue weighted by Crippen LogP contribution is -2.40. The van der Waals surface area contributed by atoms with Crippen LogP contribution in [0.1, 0.15) is 63.0 Å². The van der Waals surface area contributed by atoms with E-state index in [2.05, 4.69) is 45.0 Å². The second-order valence-electron chi connectivity index (χ2n) is 6.55. The van der Waals surface area contributed by atoms with Crippen molar-refractivity contribution in [2.24, 2.45) is 5.73 Å². The number of hydrogen-bond donors (Lipinski definition) is 1. The van der Waals surface area contributed by atoms with E-state index in [1.807, 2.05) is 4.90 Å².